The minimum atomic E-state index is -0.761. The summed E-state index contributed by atoms with van der Waals surface area (Å²) in [4.78, 5) is 24.4. The first-order valence-corrected chi connectivity index (χ1v) is 6.28. The van der Waals surface area contributed by atoms with Crippen LogP contribution in [0.15, 0.2) is 0 Å². The molecule has 2 heterocycles. The van der Waals surface area contributed by atoms with Crippen LogP contribution in [0, 0.1) is 5.92 Å². The van der Waals surface area contributed by atoms with E-state index in [9.17, 15) is 9.59 Å². The summed E-state index contributed by atoms with van der Waals surface area (Å²) in [5.74, 6) is -1.07. The fourth-order valence-electron chi connectivity index (χ4n) is 2.21. The van der Waals surface area contributed by atoms with E-state index in [4.69, 9.17) is 9.84 Å². The summed E-state index contributed by atoms with van der Waals surface area (Å²) in [7, 11) is 0. The van der Waals surface area contributed by atoms with Crippen molar-refractivity contribution in [3.8, 4) is 0 Å². The van der Waals surface area contributed by atoms with Gasteiger partial charge in [-0.2, -0.15) is 0 Å². The smallest absolute Gasteiger partial charge is 0.331 e. The summed E-state index contributed by atoms with van der Waals surface area (Å²) in [6.45, 7) is 3.65. The first kappa shape index (κ1) is 13.1. The number of ether oxygens (including phenoxy) is 1. The molecule has 0 radical (unpaired) electrons. The van der Waals surface area contributed by atoms with Gasteiger partial charge in [-0.15, -0.1) is 0 Å². The Hall–Kier alpha value is -1.34. The van der Waals surface area contributed by atoms with Crippen LogP contribution in [-0.2, 0) is 9.53 Å². The van der Waals surface area contributed by atoms with Crippen LogP contribution in [0.2, 0.25) is 0 Å². The Labute approximate surface area is 106 Å². The van der Waals surface area contributed by atoms with Gasteiger partial charge in [0.2, 0.25) is 0 Å². The van der Waals surface area contributed by atoms with Crippen LogP contribution in [0.1, 0.15) is 12.8 Å². The molecule has 2 fully saturated rings. The first-order chi connectivity index (χ1) is 8.66. The zero-order valence-corrected chi connectivity index (χ0v) is 10.3. The molecule has 0 aliphatic carbocycles. The summed E-state index contributed by atoms with van der Waals surface area (Å²) in [5.41, 5.74) is 2.83. The van der Waals surface area contributed by atoms with Crippen LogP contribution in [0.4, 0.5) is 4.79 Å². The maximum atomic E-state index is 11.9. The molecule has 2 aliphatic heterocycles. The van der Waals surface area contributed by atoms with E-state index < -0.39 is 5.97 Å². The highest BCUT2D eigenvalue weighted by Gasteiger charge is 2.27. The van der Waals surface area contributed by atoms with Gasteiger partial charge in [-0.3, -0.25) is 10.2 Å². The largest absolute Gasteiger partial charge is 0.481 e. The summed E-state index contributed by atoms with van der Waals surface area (Å²) >= 11 is 0. The molecule has 2 saturated heterocycles. The number of carboxylic acids is 1. The van der Waals surface area contributed by atoms with Crippen LogP contribution in [0.5, 0.6) is 0 Å². The number of likely N-dealkylation sites (tertiary alicyclic amines) is 1. The minimum Gasteiger partial charge on any atom is -0.481 e. The number of carboxylic acid groups (broad SMARTS) is 1. The molecule has 2 aliphatic rings. The molecule has 7 nitrogen and oxygen atoms in total. The Balaban J connectivity index is 1.75. The molecule has 18 heavy (non-hydrogen) atoms. The van der Waals surface area contributed by atoms with Gasteiger partial charge in [0.25, 0.3) is 0 Å². The highest BCUT2D eigenvalue weighted by atomic mass is 16.5. The lowest BCUT2D eigenvalue weighted by Gasteiger charge is -2.33. The van der Waals surface area contributed by atoms with Crippen molar-refractivity contribution in [2.24, 2.45) is 5.92 Å². The number of morpholine rings is 1. The second kappa shape index (κ2) is 6.01. The van der Waals surface area contributed by atoms with Gasteiger partial charge >= 0.3 is 12.0 Å². The number of nitrogens with one attached hydrogen (secondary N) is 1. The lowest BCUT2D eigenvalue weighted by molar-refractivity contribution is -0.143. The Morgan fingerprint density at radius 1 is 1.11 bits per heavy atom. The monoisotopic (exact) mass is 257 g/mol. The number of hydrogen-bond donors (Lipinski definition) is 2. The zero-order chi connectivity index (χ0) is 13.0. The van der Waals surface area contributed by atoms with Crippen LogP contribution < -0.4 is 5.43 Å². The van der Waals surface area contributed by atoms with E-state index >= 15 is 0 Å². The Morgan fingerprint density at radius 3 is 2.28 bits per heavy atom. The summed E-state index contributed by atoms with van der Waals surface area (Å²) in [6.07, 6.45) is 1.07. The van der Waals surface area contributed by atoms with Crippen molar-refractivity contribution in [3.05, 3.63) is 0 Å². The molecule has 2 amide bonds. The maximum Gasteiger partial charge on any atom is 0.331 e. The molecule has 0 aromatic rings. The van der Waals surface area contributed by atoms with Crippen LogP contribution in [-0.4, -0.2) is 66.4 Å². The predicted molar refractivity (Wildman–Crippen MR) is 62.9 cm³/mol. The molecule has 2 rings (SSSR count). The number of carbonyl (C=O) groups excluding carboxylic acids is 1. The maximum absolute atomic E-state index is 11.9. The average Bonchev–Trinajstić information content (AvgIpc) is 2.40. The number of piperidine rings is 1. The number of rotatable bonds is 2. The van der Waals surface area contributed by atoms with Crippen LogP contribution >= 0.6 is 0 Å². The molecule has 0 spiro atoms. The quantitative estimate of drug-likeness (QED) is 0.712. The average molecular weight is 257 g/mol. The zero-order valence-electron chi connectivity index (χ0n) is 10.3. The minimum absolute atomic E-state index is 0.138. The number of amides is 2. The summed E-state index contributed by atoms with van der Waals surface area (Å²) in [5, 5.41) is 10.7. The Bertz CT molecular complexity index is 309. The third kappa shape index (κ3) is 3.33. The molecule has 0 aromatic carbocycles. The number of hydrazine groups is 1. The molecular weight excluding hydrogens is 238 g/mol. The van der Waals surface area contributed by atoms with Crippen LogP contribution in [0.25, 0.3) is 0 Å². The molecule has 0 aromatic heterocycles. The molecule has 7 heteroatoms. The van der Waals surface area contributed by atoms with Gasteiger partial charge in [0.05, 0.1) is 19.1 Å². The first-order valence-electron chi connectivity index (χ1n) is 6.28. The van der Waals surface area contributed by atoms with E-state index in [1.54, 1.807) is 4.90 Å². The SMILES string of the molecule is O=C(O)C1CCN(C(=O)NN2CCOCC2)CC1. The predicted octanol–water partition coefficient (Wildman–Crippen LogP) is -0.260. The van der Waals surface area contributed by atoms with Gasteiger partial charge in [0.15, 0.2) is 0 Å². The Kier molecular flexibility index (Phi) is 4.38. The van der Waals surface area contributed by atoms with Crippen molar-refractivity contribution in [2.45, 2.75) is 12.8 Å². The van der Waals surface area contributed by atoms with Crippen molar-refractivity contribution in [1.29, 1.82) is 0 Å². The van der Waals surface area contributed by atoms with Gasteiger partial charge in [0, 0.05) is 26.2 Å². The number of aliphatic carboxylic acids is 1. The Morgan fingerprint density at radius 2 is 1.72 bits per heavy atom. The van der Waals surface area contributed by atoms with Gasteiger partial charge in [-0.05, 0) is 12.8 Å². The van der Waals surface area contributed by atoms with Gasteiger partial charge < -0.3 is 14.7 Å². The van der Waals surface area contributed by atoms with Gasteiger partial charge in [-0.1, -0.05) is 0 Å². The van der Waals surface area contributed by atoms with E-state index in [0.717, 1.165) is 0 Å². The molecule has 0 saturated carbocycles. The molecule has 102 valence electrons. The fraction of sp³-hybridized carbons (Fsp3) is 0.818. The van der Waals surface area contributed by atoms with Gasteiger partial charge in [-0.25, -0.2) is 9.80 Å². The lowest BCUT2D eigenvalue weighted by Crippen LogP contribution is -2.54. The molecule has 0 atom stereocenters. The number of hydrogen-bond acceptors (Lipinski definition) is 4. The topological polar surface area (TPSA) is 82.1 Å². The van der Waals surface area contributed by atoms with Crippen molar-refractivity contribution in [1.82, 2.24) is 15.3 Å². The van der Waals surface area contributed by atoms with Gasteiger partial charge in [0.1, 0.15) is 0 Å². The van der Waals surface area contributed by atoms with Crippen molar-refractivity contribution < 1.29 is 19.4 Å². The second-order valence-electron chi connectivity index (χ2n) is 4.62. The van der Waals surface area contributed by atoms with E-state index in [1.807, 2.05) is 5.01 Å². The van der Waals surface area contributed by atoms with E-state index in [-0.39, 0.29) is 11.9 Å². The lowest BCUT2D eigenvalue weighted by atomic mass is 9.97. The third-order valence-electron chi connectivity index (χ3n) is 3.40. The van der Waals surface area contributed by atoms with Crippen LogP contribution in [0.3, 0.4) is 0 Å². The van der Waals surface area contributed by atoms with Crippen molar-refractivity contribution in [3.63, 3.8) is 0 Å². The highest BCUT2D eigenvalue weighted by molar-refractivity contribution is 5.75. The molecule has 0 bridgehead atoms. The van der Waals surface area contributed by atoms with Crippen molar-refractivity contribution in [2.75, 3.05) is 39.4 Å². The number of nitrogens with zero attached hydrogens (tertiary/aromatic N) is 2. The normalized spacial score (nSPS) is 22.8. The van der Waals surface area contributed by atoms with E-state index in [0.29, 0.717) is 52.2 Å². The molecular formula is C11H19N3O4. The van der Waals surface area contributed by atoms with Crippen molar-refractivity contribution >= 4 is 12.0 Å². The standard InChI is InChI=1S/C11H19N3O4/c15-10(16)9-1-3-13(4-2-9)11(17)12-14-5-7-18-8-6-14/h9H,1-8H2,(H,12,17)(H,15,16). The van der Waals surface area contributed by atoms with E-state index in [1.165, 1.54) is 0 Å². The summed E-state index contributed by atoms with van der Waals surface area (Å²) < 4.78 is 5.20. The summed E-state index contributed by atoms with van der Waals surface area (Å²) in [6, 6.07) is -0.138. The molecule has 0 unspecified atom stereocenters. The van der Waals surface area contributed by atoms with E-state index in [2.05, 4.69) is 5.43 Å². The second-order valence-corrected chi connectivity index (χ2v) is 4.62. The third-order valence-corrected chi connectivity index (χ3v) is 3.40. The highest BCUT2D eigenvalue weighted by Crippen LogP contribution is 2.17. The molecule has 2 N–H and O–H groups in total. The fourth-order valence-corrected chi connectivity index (χ4v) is 2.21. The number of carbonyl (C=O) groups is 2. The number of urea groups is 1.